The number of phenols is 1. The minimum atomic E-state index is 0.0599. The van der Waals surface area contributed by atoms with Crippen molar-refractivity contribution < 1.29 is 9.90 Å². The Morgan fingerprint density at radius 3 is 2.58 bits per heavy atom. The fourth-order valence-electron chi connectivity index (χ4n) is 3.31. The zero-order valence-electron chi connectivity index (χ0n) is 15.0. The van der Waals surface area contributed by atoms with Gasteiger partial charge in [-0.2, -0.15) is 0 Å². The van der Waals surface area contributed by atoms with Crippen molar-refractivity contribution >= 4 is 17.5 Å². The van der Waals surface area contributed by atoms with Crippen molar-refractivity contribution in [2.24, 2.45) is 5.92 Å². The monoisotopic (exact) mass is 372 g/mol. The quantitative estimate of drug-likeness (QED) is 0.837. The number of aryl methyl sites for hydroxylation is 1. The Morgan fingerprint density at radius 1 is 1.19 bits per heavy atom. The molecule has 1 aliphatic heterocycles. The van der Waals surface area contributed by atoms with Gasteiger partial charge in [-0.15, -0.1) is 0 Å². The number of aromatic hydroxyl groups is 1. The molecule has 1 fully saturated rings. The van der Waals surface area contributed by atoms with Crippen LogP contribution in [0.4, 0.5) is 0 Å². The van der Waals surface area contributed by atoms with E-state index in [1.165, 1.54) is 5.56 Å². The Hall–Kier alpha value is -2.04. The fourth-order valence-corrected chi connectivity index (χ4v) is 3.51. The van der Waals surface area contributed by atoms with E-state index in [9.17, 15) is 9.90 Å². The van der Waals surface area contributed by atoms with Crippen molar-refractivity contribution in [1.29, 1.82) is 0 Å². The van der Waals surface area contributed by atoms with Gasteiger partial charge in [-0.05, 0) is 56.6 Å². The van der Waals surface area contributed by atoms with E-state index in [4.69, 9.17) is 11.6 Å². The summed E-state index contributed by atoms with van der Waals surface area (Å²) in [5.41, 5.74) is 3.18. The van der Waals surface area contributed by atoms with Crippen LogP contribution < -0.4 is 5.32 Å². The molecule has 1 amide bonds. The van der Waals surface area contributed by atoms with Gasteiger partial charge in [0.15, 0.2) is 0 Å². The number of phenolic OH excluding ortho intramolecular Hbond substituents is 1. The summed E-state index contributed by atoms with van der Waals surface area (Å²) in [5, 5.41) is 13.6. The Kier molecular flexibility index (Phi) is 6.17. The minimum absolute atomic E-state index is 0.0599. The van der Waals surface area contributed by atoms with Gasteiger partial charge in [0.25, 0.3) is 0 Å². The molecule has 2 aromatic rings. The largest absolute Gasteiger partial charge is 0.508 e. The van der Waals surface area contributed by atoms with E-state index in [2.05, 4.69) is 41.4 Å². The van der Waals surface area contributed by atoms with Crippen LogP contribution in [0.3, 0.4) is 0 Å². The van der Waals surface area contributed by atoms with Crippen molar-refractivity contribution in [1.82, 2.24) is 10.2 Å². The molecule has 26 heavy (non-hydrogen) atoms. The van der Waals surface area contributed by atoms with Crippen molar-refractivity contribution in [3.63, 3.8) is 0 Å². The molecular formula is C21H25ClN2O2. The molecule has 2 N–H and O–H groups in total. The topological polar surface area (TPSA) is 52.6 Å². The molecule has 4 nitrogen and oxygen atoms in total. The number of nitrogens with one attached hydrogen (secondary N) is 1. The first kappa shape index (κ1) is 18.7. The third-order valence-electron chi connectivity index (χ3n) is 4.98. The van der Waals surface area contributed by atoms with Crippen LogP contribution in [0.25, 0.3) is 0 Å². The van der Waals surface area contributed by atoms with Crippen molar-refractivity contribution in [3.8, 4) is 5.75 Å². The van der Waals surface area contributed by atoms with Crippen molar-refractivity contribution in [3.05, 3.63) is 64.2 Å². The van der Waals surface area contributed by atoms with Gasteiger partial charge in [-0.25, -0.2) is 0 Å². The molecular weight excluding hydrogens is 348 g/mol. The number of halogens is 1. The molecule has 0 unspecified atom stereocenters. The maximum Gasteiger partial charge on any atom is 0.223 e. The van der Waals surface area contributed by atoms with Crippen LogP contribution in [-0.4, -0.2) is 29.0 Å². The summed E-state index contributed by atoms with van der Waals surface area (Å²) in [5.74, 6) is 0.466. The number of hydrogen-bond donors (Lipinski definition) is 2. The third kappa shape index (κ3) is 4.99. The Morgan fingerprint density at radius 2 is 1.88 bits per heavy atom. The molecule has 0 atom stereocenters. The number of piperidine rings is 1. The van der Waals surface area contributed by atoms with E-state index in [0.29, 0.717) is 18.1 Å². The van der Waals surface area contributed by atoms with Crippen molar-refractivity contribution in [2.75, 3.05) is 13.1 Å². The van der Waals surface area contributed by atoms with Crippen LogP contribution >= 0.6 is 11.6 Å². The normalized spacial score (nSPS) is 15.8. The Balaban J connectivity index is 1.46. The second-order valence-electron chi connectivity index (χ2n) is 7.03. The van der Waals surface area contributed by atoms with Crippen LogP contribution in [-0.2, 0) is 17.9 Å². The lowest BCUT2D eigenvalue weighted by atomic mass is 9.95. The average molecular weight is 373 g/mol. The highest BCUT2D eigenvalue weighted by Crippen LogP contribution is 2.25. The Bertz CT molecular complexity index is 753. The maximum absolute atomic E-state index is 12.4. The fraction of sp³-hybridized carbons (Fsp3) is 0.381. The molecule has 1 saturated heterocycles. The predicted molar refractivity (Wildman–Crippen MR) is 104 cm³/mol. The molecule has 0 spiro atoms. The van der Waals surface area contributed by atoms with Gasteiger partial charge in [0.2, 0.25) is 5.91 Å². The summed E-state index contributed by atoms with van der Waals surface area (Å²) in [6.45, 7) is 4.97. The van der Waals surface area contributed by atoms with E-state index >= 15 is 0 Å². The van der Waals surface area contributed by atoms with Gasteiger partial charge >= 0.3 is 0 Å². The number of rotatable bonds is 5. The lowest BCUT2D eigenvalue weighted by molar-refractivity contribution is -0.126. The molecule has 0 bridgehead atoms. The highest BCUT2D eigenvalue weighted by Gasteiger charge is 2.25. The van der Waals surface area contributed by atoms with Gasteiger partial charge in [0.1, 0.15) is 5.75 Å². The smallest absolute Gasteiger partial charge is 0.223 e. The van der Waals surface area contributed by atoms with Crippen LogP contribution in [0.2, 0.25) is 5.02 Å². The number of carbonyl (C=O) groups is 1. The number of nitrogens with zero attached hydrogens (tertiary/aromatic N) is 1. The van der Waals surface area contributed by atoms with Gasteiger partial charge in [-0.3, -0.25) is 9.69 Å². The second-order valence-corrected chi connectivity index (χ2v) is 7.46. The lowest BCUT2D eigenvalue weighted by Gasteiger charge is -2.31. The van der Waals surface area contributed by atoms with Crippen LogP contribution in [0.1, 0.15) is 29.5 Å². The van der Waals surface area contributed by atoms with Crippen LogP contribution in [0.15, 0.2) is 42.5 Å². The molecule has 2 aromatic carbocycles. The number of benzene rings is 2. The third-order valence-corrected chi connectivity index (χ3v) is 5.22. The van der Waals surface area contributed by atoms with Gasteiger partial charge in [-0.1, -0.05) is 41.4 Å². The maximum atomic E-state index is 12.4. The van der Waals surface area contributed by atoms with E-state index in [1.54, 1.807) is 18.2 Å². The van der Waals surface area contributed by atoms with Gasteiger partial charge in [0.05, 0.1) is 0 Å². The van der Waals surface area contributed by atoms with E-state index in [1.807, 2.05) is 0 Å². The number of likely N-dealkylation sites (tertiary alicyclic amines) is 1. The molecule has 5 heteroatoms. The molecule has 0 aliphatic carbocycles. The summed E-state index contributed by atoms with van der Waals surface area (Å²) in [7, 11) is 0. The van der Waals surface area contributed by atoms with Gasteiger partial charge < -0.3 is 10.4 Å². The SMILES string of the molecule is Cc1ccc(CNC(=O)C2CCN(Cc3cc(Cl)ccc3O)CC2)cc1. The number of amides is 1. The second kappa shape index (κ2) is 8.56. The highest BCUT2D eigenvalue weighted by atomic mass is 35.5. The first-order chi connectivity index (χ1) is 12.5. The van der Waals surface area contributed by atoms with E-state index < -0.39 is 0 Å². The average Bonchev–Trinajstić information content (AvgIpc) is 2.64. The molecule has 138 valence electrons. The van der Waals surface area contributed by atoms with Gasteiger partial charge in [0, 0.05) is 29.6 Å². The standard InChI is InChI=1S/C21H25ClN2O2/c1-15-2-4-16(5-3-15)13-23-21(26)17-8-10-24(11-9-17)14-18-12-19(22)6-7-20(18)25/h2-7,12,17,25H,8-11,13-14H2,1H3,(H,23,26). The molecule has 1 aliphatic rings. The lowest BCUT2D eigenvalue weighted by Crippen LogP contribution is -2.40. The van der Waals surface area contributed by atoms with Crippen molar-refractivity contribution in [2.45, 2.75) is 32.9 Å². The summed E-state index contributed by atoms with van der Waals surface area (Å²) in [4.78, 5) is 14.7. The summed E-state index contributed by atoms with van der Waals surface area (Å²) >= 11 is 6.01. The summed E-state index contributed by atoms with van der Waals surface area (Å²) < 4.78 is 0. The van der Waals surface area contributed by atoms with E-state index in [0.717, 1.165) is 37.1 Å². The summed E-state index contributed by atoms with van der Waals surface area (Å²) in [6, 6.07) is 13.3. The molecule has 1 heterocycles. The minimum Gasteiger partial charge on any atom is -0.508 e. The first-order valence-corrected chi connectivity index (χ1v) is 9.42. The Labute approximate surface area is 159 Å². The van der Waals surface area contributed by atoms with Crippen LogP contribution in [0.5, 0.6) is 5.75 Å². The molecule has 0 saturated carbocycles. The first-order valence-electron chi connectivity index (χ1n) is 9.04. The molecule has 3 rings (SSSR count). The van der Waals surface area contributed by atoms with E-state index in [-0.39, 0.29) is 17.6 Å². The summed E-state index contributed by atoms with van der Waals surface area (Å²) in [6.07, 6.45) is 1.67. The molecule has 0 radical (unpaired) electrons. The van der Waals surface area contributed by atoms with Crippen LogP contribution in [0, 0.1) is 12.8 Å². The molecule has 0 aromatic heterocycles. The highest BCUT2D eigenvalue weighted by molar-refractivity contribution is 6.30. The number of hydrogen-bond acceptors (Lipinski definition) is 3. The number of carbonyl (C=O) groups excluding carboxylic acids is 1. The zero-order valence-corrected chi connectivity index (χ0v) is 15.8. The zero-order chi connectivity index (χ0) is 18.5. The predicted octanol–water partition coefficient (Wildman–Crippen LogP) is 3.88.